The number of aldehydes is 1. The lowest BCUT2D eigenvalue weighted by atomic mass is 9.94. The van der Waals surface area contributed by atoms with E-state index in [-0.39, 0.29) is 12.5 Å². The molecule has 1 N–H and O–H groups in total. The van der Waals surface area contributed by atoms with E-state index in [0.29, 0.717) is 25.4 Å². The minimum Gasteiger partial charge on any atom is -0.444 e. The highest BCUT2D eigenvalue weighted by molar-refractivity contribution is 5.82. The quantitative estimate of drug-likeness (QED) is 0.790. The van der Waals surface area contributed by atoms with Gasteiger partial charge in [0.2, 0.25) is 5.91 Å². The highest BCUT2D eigenvalue weighted by Crippen LogP contribution is 2.19. The first kappa shape index (κ1) is 16.5. The number of carbonyl (C=O) groups excluding carboxylic acids is 3. The SMILES string of the molecule is CC(C)(C)OC(=O)NCC(=O)N1CCC(CC=O)CC1. The Hall–Kier alpha value is -1.59. The zero-order valence-electron chi connectivity index (χ0n) is 12.5. The first-order valence-corrected chi connectivity index (χ1v) is 7.00. The summed E-state index contributed by atoms with van der Waals surface area (Å²) in [6, 6.07) is 0. The van der Waals surface area contributed by atoms with Crippen LogP contribution in [0.2, 0.25) is 0 Å². The molecule has 1 aliphatic rings. The molecule has 2 amide bonds. The van der Waals surface area contributed by atoms with Crippen LogP contribution < -0.4 is 5.32 Å². The molecule has 114 valence electrons. The second-order valence-corrected chi connectivity index (χ2v) is 6.08. The molecule has 6 nitrogen and oxygen atoms in total. The summed E-state index contributed by atoms with van der Waals surface area (Å²) in [5.41, 5.74) is -0.569. The van der Waals surface area contributed by atoms with E-state index < -0.39 is 11.7 Å². The molecule has 1 saturated heterocycles. The molecule has 1 rings (SSSR count). The molecule has 0 spiro atoms. The number of piperidine rings is 1. The number of rotatable bonds is 4. The van der Waals surface area contributed by atoms with Crippen LogP contribution in [0.4, 0.5) is 4.79 Å². The van der Waals surface area contributed by atoms with Crippen molar-refractivity contribution >= 4 is 18.3 Å². The van der Waals surface area contributed by atoms with Gasteiger partial charge in [-0.15, -0.1) is 0 Å². The van der Waals surface area contributed by atoms with Crippen molar-refractivity contribution in [1.82, 2.24) is 10.2 Å². The van der Waals surface area contributed by atoms with Gasteiger partial charge in [0.05, 0.1) is 0 Å². The molecule has 0 radical (unpaired) electrons. The topological polar surface area (TPSA) is 75.7 Å². The standard InChI is InChI=1S/C14H24N2O4/c1-14(2,3)20-13(19)15-10-12(18)16-7-4-11(5-8-16)6-9-17/h9,11H,4-8,10H2,1-3H3,(H,15,19). The van der Waals surface area contributed by atoms with Gasteiger partial charge < -0.3 is 19.7 Å². The third-order valence-corrected chi connectivity index (χ3v) is 3.18. The van der Waals surface area contributed by atoms with Crippen molar-refractivity contribution in [3.8, 4) is 0 Å². The summed E-state index contributed by atoms with van der Waals surface area (Å²) in [6.07, 6.45) is 2.61. The van der Waals surface area contributed by atoms with Gasteiger partial charge in [-0.2, -0.15) is 0 Å². The largest absolute Gasteiger partial charge is 0.444 e. The van der Waals surface area contributed by atoms with Gasteiger partial charge in [-0.3, -0.25) is 4.79 Å². The average Bonchev–Trinajstić information content (AvgIpc) is 2.35. The lowest BCUT2D eigenvalue weighted by Gasteiger charge is -2.31. The van der Waals surface area contributed by atoms with Gasteiger partial charge in [0.25, 0.3) is 0 Å². The number of nitrogens with one attached hydrogen (secondary N) is 1. The molecular formula is C14H24N2O4. The number of hydrogen-bond donors (Lipinski definition) is 1. The minimum absolute atomic E-state index is 0.0484. The lowest BCUT2D eigenvalue weighted by molar-refractivity contribution is -0.131. The molecule has 0 bridgehead atoms. The highest BCUT2D eigenvalue weighted by Gasteiger charge is 2.23. The van der Waals surface area contributed by atoms with E-state index in [1.165, 1.54) is 0 Å². The van der Waals surface area contributed by atoms with Gasteiger partial charge in [-0.05, 0) is 39.5 Å². The fourth-order valence-electron chi connectivity index (χ4n) is 2.13. The van der Waals surface area contributed by atoms with Crippen molar-refractivity contribution < 1.29 is 19.1 Å². The Morgan fingerprint density at radius 1 is 1.30 bits per heavy atom. The fourth-order valence-corrected chi connectivity index (χ4v) is 2.13. The molecule has 0 atom stereocenters. The zero-order valence-corrected chi connectivity index (χ0v) is 12.5. The fraction of sp³-hybridized carbons (Fsp3) is 0.786. The Morgan fingerprint density at radius 3 is 2.40 bits per heavy atom. The predicted molar refractivity (Wildman–Crippen MR) is 74.2 cm³/mol. The molecule has 20 heavy (non-hydrogen) atoms. The van der Waals surface area contributed by atoms with Crippen LogP contribution in [0, 0.1) is 5.92 Å². The number of alkyl carbamates (subject to hydrolysis) is 1. The number of likely N-dealkylation sites (tertiary alicyclic amines) is 1. The van der Waals surface area contributed by atoms with Crippen LogP contribution in [0.5, 0.6) is 0 Å². The van der Waals surface area contributed by atoms with E-state index in [4.69, 9.17) is 4.74 Å². The number of ether oxygens (including phenoxy) is 1. The Balaban J connectivity index is 2.27. The lowest BCUT2D eigenvalue weighted by Crippen LogP contribution is -2.45. The van der Waals surface area contributed by atoms with E-state index in [1.807, 2.05) is 0 Å². The average molecular weight is 284 g/mol. The zero-order chi connectivity index (χ0) is 15.2. The third-order valence-electron chi connectivity index (χ3n) is 3.18. The normalized spacial score (nSPS) is 16.6. The molecule has 0 saturated carbocycles. The number of hydrogen-bond acceptors (Lipinski definition) is 4. The second kappa shape index (κ2) is 7.26. The summed E-state index contributed by atoms with van der Waals surface area (Å²) in [4.78, 5) is 35.5. The Labute approximate surface area is 119 Å². The van der Waals surface area contributed by atoms with Crippen LogP contribution in [0.3, 0.4) is 0 Å². The Bertz CT molecular complexity index is 355. The molecule has 0 aromatic carbocycles. The van der Waals surface area contributed by atoms with Crippen LogP contribution in [-0.2, 0) is 14.3 Å². The summed E-state index contributed by atoms with van der Waals surface area (Å²) < 4.78 is 5.06. The van der Waals surface area contributed by atoms with Crippen LogP contribution in [0.25, 0.3) is 0 Å². The summed E-state index contributed by atoms with van der Waals surface area (Å²) in [7, 11) is 0. The maximum Gasteiger partial charge on any atom is 0.408 e. The summed E-state index contributed by atoms with van der Waals surface area (Å²) in [5, 5.41) is 2.46. The van der Waals surface area contributed by atoms with Crippen LogP contribution in [0.1, 0.15) is 40.0 Å². The molecule has 0 aromatic rings. The third kappa shape index (κ3) is 6.04. The number of amides is 2. The van der Waals surface area contributed by atoms with Crippen molar-refractivity contribution in [2.24, 2.45) is 5.92 Å². The Morgan fingerprint density at radius 2 is 1.90 bits per heavy atom. The van der Waals surface area contributed by atoms with Gasteiger partial charge >= 0.3 is 6.09 Å². The van der Waals surface area contributed by atoms with Gasteiger partial charge in [0.1, 0.15) is 18.4 Å². The first-order chi connectivity index (χ1) is 9.31. The molecule has 1 fully saturated rings. The van der Waals surface area contributed by atoms with Crippen LogP contribution >= 0.6 is 0 Å². The number of nitrogens with zero attached hydrogens (tertiary/aromatic N) is 1. The molecule has 1 aliphatic heterocycles. The van der Waals surface area contributed by atoms with Crippen LogP contribution in [0.15, 0.2) is 0 Å². The summed E-state index contributed by atoms with van der Waals surface area (Å²) >= 11 is 0. The van der Waals surface area contributed by atoms with Crippen molar-refractivity contribution in [3.63, 3.8) is 0 Å². The van der Waals surface area contributed by atoms with E-state index in [1.54, 1.807) is 25.7 Å². The molecule has 0 aliphatic carbocycles. The number of carbonyl (C=O) groups is 3. The van der Waals surface area contributed by atoms with E-state index >= 15 is 0 Å². The highest BCUT2D eigenvalue weighted by atomic mass is 16.6. The molecule has 0 unspecified atom stereocenters. The van der Waals surface area contributed by atoms with Crippen LogP contribution in [-0.4, -0.2) is 48.4 Å². The molecular weight excluding hydrogens is 260 g/mol. The van der Waals surface area contributed by atoms with Crippen molar-refractivity contribution in [1.29, 1.82) is 0 Å². The van der Waals surface area contributed by atoms with E-state index in [2.05, 4.69) is 5.32 Å². The smallest absolute Gasteiger partial charge is 0.408 e. The maximum atomic E-state index is 11.9. The summed E-state index contributed by atoms with van der Waals surface area (Å²) in [6.45, 7) is 6.55. The van der Waals surface area contributed by atoms with Gasteiger partial charge in [-0.25, -0.2) is 4.79 Å². The van der Waals surface area contributed by atoms with Gasteiger partial charge in [-0.1, -0.05) is 0 Å². The Kier molecular flexibility index (Phi) is 5.98. The first-order valence-electron chi connectivity index (χ1n) is 7.00. The predicted octanol–water partition coefficient (Wildman–Crippen LogP) is 1.34. The maximum absolute atomic E-state index is 11.9. The van der Waals surface area contributed by atoms with E-state index in [0.717, 1.165) is 19.1 Å². The van der Waals surface area contributed by atoms with E-state index in [9.17, 15) is 14.4 Å². The van der Waals surface area contributed by atoms with Gasteiger partial charge in [0, 0.05) is 19.5 Å². The van der Waals surface area contributed by atoms with Crippen molar-refractivity contribution in [3.05, 3.63) is 0 Å². The molecule has 0 aromatic heterocycles. The van der Waals surface area contributed by atoms with Gasteiger partial charge in [0.15, 0.2) is 0 Å². The minimum atomic E-state index is -0.582. The monoisotopic (exact) mass is 284 g/mol. The van der Waals surface area contributed by atoms with Crippen molar-refractivity contribution in [2.75, 3.05) is 19.6 Å². The molecule has 6 heteroatoms. The molecule has 1 heterocycles. The van der Waals surface area contributed by atoms with Crippen molar-refractivity contribution in [2.45, 2.75) is 45.6 Å². The second-order valence-electron chi connectivity index (χ2n) is 6.08. The summed E-state index contributed by atoms with van der Waals surface area (Å²) in [5.74, 6) is 0.274.